The minimum atomic E-state index is -0.312. The van der Waals surface area contributed by atoms with Crippen molar-refractivity contribution in [2.24, 2.45) is 7.05 Å². The molecular weight excluding hydrogens is 342 g/mol. The number of likely N-dealkylation sites (N-methyl/N-ethyl adjacent to an activating group) is 1. The number of pyridine rings is 1. The van der Waals surface area contributed by atoms with Gasteiger partial charge in [-0.1, -0.05) is 11.6 Å². The van der Waals surface area contributed by atoms with Crippen LogP contribution in [0.3, 0.4) is 0 Å². The third kappa shape index (κ3) is 2.48. The van der Waals surface area contributed by atoms with Crippen LogP contribution in [-0.4, -0.2) is 58.3 Å². The molecule has 0 spiro atoms. The molecule has 2 aromatic heterocycles. The summed E-state index contributed by atoms with van der Waals surface area (Å²) >= 11 is 6.50. The van der Waals surface area contributed by atoms with Gasteiger partial charge >= 0.3 is 5.69 Å². The fourth-order valence-electron chi connectivity index (χ4n) is 4.05. The van der Waals surface area contributed by atoms with Gasteiger partial charge in [-0.05, 0) is 20.9 Å². The van der Waals surface area contributed by atoms with Gasteiger partial charge in [0.05, 0.1) is 12.3 Å². The summed E-state index contributed by atoms with van der Waals surface area (Å²) in [5.74, 6) is 1.24. The lowest BCUT2D eigenvalue weighted by Crippen LogP contribution is -2.58. The van der Waals surface area contributed by atoms with Gasteiger partial charge in [0.25, 0.3) is 0 Å². The van der Waals surface area contributed by atoms with E-state index in [1.165, 1.54) is 4.57 Å². The number of ether oxygens (including phenoxy) is 1. The second-order valence-electron chi connectivity index (χ2n) is 7.08. The van der Waals surface area contributed by atoms with Crippen molar-refractivity contribution in [2.45, 2.75) is 32.4 Å². The Morgan fingerprint density at radius 1 is 1.24 bits per heavy atom. The standard InChI is InChI=1S/C17H22ClN5O2/c1-9-7-21(3)8-11-5-6-25-14-12-15(19-10(2)13(14)18)22(4)17(24)20-16(12)23(9)11/h9,11H,5-8H2,1-4H3. The summed E-state index contributed by atoms with van der Waals surface area (Å²) in [5.41, 5.74) is 0.909. The maximum absolute atomic E-state index is 12.5. The van der Waals surface area contributed by atoms with Gasteiger partial charge in [0, 0.05) is 38.6 Å². The van der Waals surface area contributed by atoms with Gasteiger partial charge in [0.1, 0.15) is 16.2 Å². The predicted octanol–water partition coefficient (Wildman–Crippen LogP) is 1.58. The van der Waals surface area contributed by atoms with Crippen molar-refractivity contribution in [3.05, 3.63) is 21.2 Å². The second kappa shape index (κ2) is 5.85. The number of hydrogen-bond donors (Lipinski definition) is 0. The van der Waals surface area contributed by atoms with E-state index in [4.69, 9.17) is 16.3 Å². The Hall–Kier alpha value is -1.86. The van der Waals surface area contributed by atoms with Crippen molar-refractivity contribution >= 4 is 28.5 Å². The molecule has 4 rings (SSSR count). The summed E-state index contributed by atoms with van der Waals surface area (Å²) in [7, 11) is 3.80. The van der Waals surface area contributed by atoms with Crippen LogP contribution in [0.2, 0.25) is 5.02 Å². The van der Waals surface area contributed by atoms with Gasteiger partial charge in [-0.3, -0.25) is 4.57 Å². The van der Waals surface area contributed by atoms with E-state index in [-0.39, 0.29) is 17.8 Å². The SMILES string of the molecule is Cc1nc2c3c(nc(=O)n2C)N2C(C)CN(C)CC2CCOc3c1Cl. The van der Waals surface area contributed by atoms with Crippen molar-refractivity contribution in [2.75, 3.05) is 31.6 Å². The summed E-state index contributed by atoms with van der Waals surface area (Å²) in [4.78, 5) is 26.0. The zero-order valence-electron chi connectivity index (χ0n) is 14.9. The molecule has 0 aromatic carbocycles. The molecule has 2 unspecified atom stereocenters. The normalized spacial score (nSPS) is 23.8. The average molecular weight is 364 g/mol. The second-order valence-corrected chi connectivity index (χ2v) is 7.46. The van der Waals surface area contributed by atoms with Gasteiger partial charge in [-0.2, -0.15) is 4.98 Å². The average Bonchev–Trinajstić information content (AvgIpc) is 2.53. The van der Waals surface area contributed by atoms with Gasteiger partial charge in [-0.15, -0.1) is 0 Å². The molecule has 0 N–H and O–H groups in total. The Bertz CT molecular complexity index is 912. The molecule has 25 heavy (non-hydrogen) atoms. The van der Waals surface area contributed by atoms with Crippen molar-refractivity contribution in [3.8, 4) is 5.75 Å². The third-order valence-corrected chi connectivity index (χ3v) is 5.62. The van der Waals surface area contributed by atoms with E-state index in [2.05, 4.69) is 33.7 Å². The number of aryl methyl sites for hydroxylation is 2. The summed E-state index contributed by atoms with van der Waals surface area (Å²) < 4.78 is 7.52. The van der Waals surface area contributed by atoms with Crippen molar-refractivity contribution in [1.29, 1.82) is 0 Å². The predicted molar refractivity (Wildman–Crippen MR) is 97.9 cm³/mol. The zero-order chi connectivity index (χ0) is 17.9. The lowest BCUT2D eigenvalue weighted by molar-refractivity contribution is 0.201. The first kappa shape index (κ1) is 16.6. The van der Waals surface area contributed by atoms with Crippen LogP contribution in [0.4, 0.5) is 5.82 Å². The van der Waals surface area contributed by atoms with Gasteiger partial charge < -0.3 is 14.5 Å². The zero-order valence-corrected chi connectivity index (χ0v) is 15.7. The van der Waals surface area contributed by atoms with Crippen LogP contribution in [0.25, 0.3) is 11.0 Å². The van der Waals surface area contributed by atoms with Crippen LogP contribution < -0.4 is 15.3 Å². The Labute approximate surface area is 151 Å². The van der Waals surface area contributed by atoms with E-state index in [9.17, 15) is 4.79 Å². The van der Waals surface area contributed by atoms with E-state index in [1.54, 1.807) is 7.05 Å². The Balaban J connectivity index is 2.08. The van der Waals surface area contributed by atoms with E-state index in [1.807, 2.05) is 6.92 Å². The van der Waals surface area contributed by atoms with E-state index in [0.717, 1.165) is 24.9 Å². The van der Waals surface area contributed by atoms with E-state index < -0.39 is 0 Å². The fourth-order valence-corrected chi connectivity index (χ4v) is 4.24. The first-order chi connectivity index (χ1) is 11.9. The molecule has 1 fully saturated rings. The molecule has 8 heteroatoms. The molecular formula is C17H22ClN5O2. The number of piperazine rings is 1. The largest absolute Gasteiger partial charge is 0.491 e. The molecule has 1 saturated heterocycles. The quantitative estimate of drug-likeness (QED) is 0.708. The highest BCUT2D eigenvalue weighted by Gasteiger charge is 2.36. The number of nitrogens with zero attached hydrogens (tertiary/aromatic N) is 5. The summed E-state index contributed by atoms with van der Waals surface area (Å²) in [5, 5.41) is 1.23. The monoisotopic (exact) mass is 363 g/mol. The number of halogens is 1. The molecule has 2 aliphatic rings. The van der Waals surface area contributed by atoms with Gasteiger partial charge in [0.2, 0.25) is 0 Å². The van der Waals surface area contributed by atoms with E-state index >= 15 is 0 Å². The molecule has 0 saturated carbocycles. The maximum atomic E-state index is 12.5. The van der Waals surface area contributed by atoms with E-state index in [0.29, 0.717) is 34.5 Å². The third-order valence-electron chi connectivity index (χ3n) is 5.18. The van der Waals surface area contributed by atoms with Gasteiger partial charge in [-0.25, -0.2) is 9.78 Å². The number of aromatic nitrogens is 3. The first-order valence-corrected chi connectivity index (χ1v) is 8.92. The first-order valence-electron chi connectivity index (χ1n) is 8.55. The van der Waals surface area contributed by atoms with Crippen molar-refractivity contribution < 1.29 is 4.74 Å². The molecule has 7 nitrogen and oxygen atoms in total. The molecule has 0 amide bonds. The molecule has 0 aliphatic carbocycles. The molecule has 2 atom stereocenters. The highest BCUT2D eigenvalue weighted by molar-refractivity contribution is 6.34. The number of hydrogen-bond acceptors (Lipinski definition) is 6. The lowest BCUT2D eigenvalue weighted by atomic mass is 10.0. The topological polar surface area (TPSA) is 63.5 Å². The van der Waals surface area contributed by atoms with Crippen molar-refractivity contribution in [3.63, 3.8) is 0 Å². The number of anilines is 1. The summed E-state index contributed by atoms with van der Waals surface area (Å²) in [6.07, 6.45) is 0.851. The molecule has 0 bridgehead atoms. The molecule has 0 radical (unpaired) electrons. The molecule has 2 aromatic rings. The fraction of sp³-hybridized carbons (Fsp3) is 0.588. The van der Waals surface area contributed by atoms with Crippen molar-refractivity contribution in [1.82, 2.24) is 19.4 Å². The Morgan fingerprint density at radius 3 is 2.76 bits per heavy atom. The van der Waals surface area contributed by atoms with Crippen LogP contribution in [0.5, 0.6) is 5.75 Å². The molecule has 134 valence electrons. The highest BCUT2D eigenvalue weighted by atomic mass is 35.5. The minimum Gasteiger partial charge on any atom is -0.491 e. The Kier molecular flexibility index (Phi) is 3.88. The maximum Gasteiger partial charge on any atom is 0.350 e. The van der Waals surface area contributed by atoms with Gasteiger partial charge in [0.15, 0.2) is 11.4 Å². The number of rotatable bonds is 0. The highest BCUT2D eigenvalue weighted by Crippen LogP contribution is 2.41. The van der Waals surface area contributed by atoms with Crippen LogP contribution in [0.1, 0.15) is 19.0 Å². The van der Waals surface area contributed by atoms with Crippen LogP contribution >= 0.6 is 11.6 Å². The summed E-state index contributed by atoms with van der Waals surface area (Å²) in [6, 6.07) is 0.474. The number of fused-ring (bicyclic) bond motifs is 2. The van der Waals surface area contributed by atoms with Crippen LogP contribution in [-0.2, 0) is 7.05 Å². The summed E-state index contributed by atoms with van der Waals surface area (Å²) in [6.45, 7) is 6.39. The van der Waals surface area contributed by atoms with Crippen LogP contribution in [0, 0.1) is 6.92 Å². The Morgan fingerprint density at radius 2 is 2.00 bits per heavy atom. The van der Waals surface area contributed by atoms with Crippen LogP contribution in [0.15, 0.2) is 4.79 Å². The molecule has 4 heterocycles. The lowest BCUT2D eigenvalue weighted by Gasteiger charge is -2.46. The minimum absolute atomic E-state index is 0.234. The smallest absolute Gasteiger partial charge is 0.350 e. The molecule has 2 aliphatic heterocycles.